The number of H-pyrrole nitrogens is 1. The van der Waals surface area contributed by atoms with Crippen LogP contribution in [-0.2, 0) is 6.42 Å². The fraction of sp³-hybridized carbons (Fsp3) is 0.692. The number of amides is 1. The Labute approximate surface area is 108 Å². The number of nitrogens with two attached hydrogens (primary N) is 1. The van der Waals surface area contributed by atoms with Gasteiger partial charge < -0.3 is 11.1 Å². The zero-order chi connectivity index (χ0) is 13.3. The number of hydrogen-bond donors (Lipinski definition) is 3. The van der Waals surface area contributed by atoms with E-state index < -0.39 is 0 Å². The Morgan fingerprint density at radius 2 is 2.22 bits per heavy atom. The lowest BCUT2D eigenvalue weighted by Gasteiger charge is -2.25. The second-order valence-corrected chi connectivity index (χ2v) is 5.66. The third-order valence-electron chi connectivity index (χ3n) is 3.63. The topological polar surface area (TPSA) is 83.8 Å². The largest absolute Gasteiger partial charge is 0.395 e. The van der Waals surface area contributed by atoms with Crippen molar-refractivity contribution < 1.29 is 4.79 Å². The van der Waals surface area contributed by atoms with Crippen LogP contribution in [0.1, 0.15) is 56.2 Å². The third-order valence-corrected chi connectivity index (χ3v) is 3.63. The fourth-order valence-electron chi connectivity index (χ4n) is 2.26. The van der Waals surface area contributed by atoms with Crippen LogP contribution >= 0.6 is 0 Å². The Morgan fingerprint density at radius 3 is 2.78 bits per heavy atom. The predicted octanol–water partition coefficient (Wildman–Crippen LogP) is 1.86. The Bertz CT molecular complexity index is 446. The smallest absolute Gasteiger partial charge is 0.274 e. The van der Waals surface area contributed by atoms with Crippen molar-refractivity contribution in [3.05, 3.63) is 11.4 Å². The van der Waals surface area contributed by atoms with Crippen LogP contribution < -0.4 is 11.1 Å². The van der Waals surface area contributed by atoms with Crippen molar-refractivity contribution in [2.24, 2.45) is 5.92 Å². The van der Waals surface area contributed by atoms with E-state index in [-0.39, 0.29) is 11.4 Å². The highest BCUT2D eigenvalue weighted by Crippen LogP contribution is 2.39. The number of nitrogens with one attached hydrogen (secondary N) is 2. The molecule has 1 aliphatic rings. The van der Waals surface area contributed by atoms with Crippen LogP contribution in [0.25, 0.3) is 0 Å². The van der Waals surface area contributed by atoms with Gasteiger partial charge in [0.05, 0.1) is 11.4 Å². The summed E-state index contributed by atoms with van der Waals surface area (Å²) in [6, 6.07) is 0. The molecule has 1 aromatic heterocycles. The molecule has 100 valence electrons. The summed E-state index contributed by atoms with van der Waals surface area (Å²) in [5.74, 6) is 0.403. The number of nitrogens with zero attached hydrogens (tertiary/aromatic N) is 1. The molecular weight excluding hydrogens is 228 g/mol. The molecule has 1 fully saturated rings. The maximum atomic E-state index is 12.2. The molecule has 0 bridgehead atoms. The Balaban J connectivity index is 2.09. The number of aromatic nitrogens is 2. The molecule has 2 rings (SSSR count). The van der Waals surface area contributed by atoms with Crippen LogP contribution in [0.15, 0.2) is 0 Å². The summed E-state index contributed by atoms with van der Waals surface area (Å²) in [6.45, 7) is 6.17. The second-order valence-electron chi connectivity index (χ2n) is 5.66. The summed E-state index contributed by atoms with van der Waals surface area (Å²) < 4.78 is 0. The lowest BCUT2D eigenvalue weighted by atomic mass is 9.98. The van der Waals surface area contributed by atoms with Crippen molar-refractivity contribution in [2.45, 2.75) is 52.0 Å². The number of anilines is 1. The van der Waals surface area contributed by atoms with E-state index in [1.54, 1.807) is 0 Å². The summed E-state index contributed by atoms with van der Waals surface area (Å²) in [4.78, 5) is 12.2. The number of carbonyl (C=O) groups excluding carboxylic acids is 1. The van der Waals surface area contributed by atoms with E-state index in [2.05, 4.69) is 36.3 Å². The zero-order valence-corrected chi connectivity index (χ0v) is 11.3. The summed E-state index contributed by atoms with van der Waals surface area (Å²) in [5, 5.41) is 9.92. The van der Waals surface area contributed by atoms with Gasteiger partial charge in [0.15, 0.2) is 5.69 Å². The molecule has 0 saturated heterocycles. The molecular formula is C13H22N4O. The average Bonchev–Trinajstić information content (AvgIpc) is 3.06. The lowest BCUT2D eigenvalue weighted by molar-refractivity contribution is 0.0899. The summed E-state index contributed by atoms with van der Waals surface area (Å²) in [5.41, 5.74) is 7.44. The molecule has 0 spiro atoms. The van der Waals surface area contributed by atoms with Crippen molar-refractivity contribution in [1.29, 1.82) is 0 Å². The van der Waals surface area contributed by atoms with Crippen molar-refractivity contribution in [3.63, 3.8) is 0 Å². The first-order chi connectivity index (χ1) is 8.45. The minimum Gasteiger partial charge on any atom is -0.395 e. The SMILES string of the molecule is CCCc1[nH]nc(C(=O)NC(C)(C)C2CC2)c1N. The van der Waals surface area contributed by atoms with E-state index in [0.717, 1.165) is 18.5 Å². The quantitative estimate of drug-likeness (QED) is 0.745. The van der Waals surface area contributed by atoms with E-state index in [1.807, 2.05) is 0 Å². The summed E-state index contributed by atoms with van der Waals surface area (Å²) in [6.07, 6.45) is 4.16. The molecule has 0 aliphatic heterocycles. The van der Waals surface area contributed by atoms with Gasteiger partial charge in [0.2, 0.25) is 0 Å². The van der Waals surface area contributed by atoms with E-state index in [4.69, 9.17) is 5.73 Å². The van der Waals surface area contributed by atoms with Gasteiger partial charge in [-0.2, -0.15) is 5.10 Å². The molecule has 4 N–H and O–H groups in total. The molecule has 0 radical (unpaired) electrons. The summed E-state index contributed by atoms with van der Waals surface area (Å²) in [7, 11) is 0. The maximum absolute atomic E-state index is 12.2. The third kappa shape index (κ3) is 2.49. The molecule has 0 unspecified atom stereocenters. The second kappa shape index (κ2) is 4.63. The first-order valence-corrected chi connectivity index (χ1v) is 6.61. The van der Waals surface area contributed by atoms with Crippen LogP contribution in [-0.4, -0.2) is 21.6 Å². The lowest BCUT2D eigenvalue weighted by Crippen LogP contribution is -2.45. The predicted molar refractivity (Wildman–Crippen MR) is 71.3 cm³/mol. The number of nitrogen functional groups attached to an aromatic ring is 1. The van der Waals surface area contributed by atoms with Crippen LogP contribution in [0.5, 0.6) is 0 Å². The monoisotopic (exact) mass is 250 g/mol. The van der Waals surface area contributed by atoms with Crippen LogP contribution in [0, 0.1) is 5.92 Å². The van der Waals surface area contributed by atoms with E-state index in [0.29, 0.717) is 17.3 Å². The highest BCUT2D eigenvalue weighted by atomic mass is 16.2. The van der Waals surface area contributed by atoms with Gasteiger partial charge in [0.1, 0.15) is 0 Å². The minimum absolute atomic E-state index is 0.173. The average molecular weight is 250 g/mol. The molecule has 5 nitrogen and oxygen atoms in total. The Kier molecular flexibility index (Phi) is 3.32. The van der Waals surface area contributed by atoms with Gasteiger partial charge in [-0.1, -0.05) is 13.3 Å². The number of rotatable bonds is 5. The Morgan fingerprint density at radius 1 is 1.56 bits per heavy atom. The van der Waals surface area contributed by atoms with Crippen LogP contribution in [0.4, 0.5) is 5.69 Å². The van der Waals surface area contributed by atoms with Crippen molar-refractivity contribution in [2.75, 3.05) is 5.73 Å². The molecule has 1 aromatic rings. The first kappa shape index (κ1) is 12.9. The highest BCUT2D eigenvalue weighted by molar-refractivity contribution is 5.98. The standard InChI is InChI=1S/C13H22N4O/c1-4-5-9-10(14)11(17-16-9)12(18)15-13(2,3)8-6-7-8/h8H,4-7,14H2,1-3H3,(H,15,18)(H,16,17). The maximum Gasteiger partial charge on any atom is 0.274 e. The van der Waals surface area contributed by atoms with E-state index in [9.17, 15) is 4.79 Å². The van der Waals surface area contributed by atoms with Gasteiger partial charge in [0, 0.05) is 5.54 Å². The van der Waals surface area contributed by atoms with Gasteiger partial charge in [-0.25, -0.2) is 0 Å². The Hall–Kier alpha value is -1.52. The van der Waals surface area contributed by atoms with E-state index in [1.165, 1.54) is 12.8 Å². The number of aromatic amines is 1. The van der Waals surface area contributed by atoms with Crippen LogP contribution in [0.2, 0.25) is 0 Å². The van der Waals surface area contributed by atoms with Gasteiger partial charge >= 0.3 is 0 Å². The summed E-state index contributed by atoms with van der Waals surface area (Å²) >= 11 is 0. The van der Waals surface area contributed by atoms with Crippen molar-refractivity contribution in [1.82, 2.24) is 15.5 Å². The molecule has 1 saturated carbocycles. The van der Waals surface area contributed by atoms with Crippen LogP contribution in [0.3, 0.4) is 0 Å². The zero-order valence-electron chi connectivity index (χ0n) is 11.3. The molecule has 0 atom stereocenters. The molecule has 1 heterocycles. The molecule has 5 heteroatoms. The molecule has 18 heavy (non-hydrogen) atoms. The fourth-order valence-corrected chi connectivity index (χ4v) is 2.26. The van der Waals surface area contributed by atoms with Gasteiger partial charge in [-0.3, -0.25) is 9.89 Å². The highest BCUT2D eigenvalue weighted by Gasteiger charge is 2.39. The number of aryl methyl sites for hydroxylation is 1. The van der Waals surface area contributed by atoms with Gasteiger partial charge in [-0.05, 0) is 39.0 Å². The minimum atomic E-state index is -0.178. The van der Waals surface area contributed by atoms with Gasteiger partial charge in [0.25, 0.3) is 5.91 Å². The van der Waals surface area contributed by atoms with E-state index >= 15 is 0 Å². The molecule has 0 aromatic carbocycles. The first-order valence-electron chi connectivity index (χ1n) is 6.61. The van der Waals surface area contributed by atoms with Crippen molar-refractivity contribution >= 4 is 11.6 Å². The molecule has 1 amide bonds. The van der Waals surface area contributed by atoms with Gasteiger partial charge in [-0.15, -0.1) is 0 Å². The molecule has 1 aliphatic carbocycles. The normalized spacial score (nSPS) is 15.7. The van der Waals surface area contributed by atoms with Crippen molar-refractivity contribution in [3.8, 4) is 0 Å². The number of hydrogen-bond acceptors (Lipinski definition) is 3. The number of carbonyl (C=O) groups is 1.